The van der Waals surface area contributed by atoms with Crippen molar-refractivity contribution in [2.75, 3.05) is 22.9 Å². The number of nitrogens with zero attached hydrogens (tertiary/aromatic N) is 10. The quantitative estimate of drug-likeness (QED) is 0.0335. The molecule has 8 aromatic rings. The molecule has 0 aliphatic rings. The zero-order valence-corrected chi connectivity index (χ0v) is 50.5. The molecule has 32 nitrogen and oxygen atoms in total. The van der Waals surface area contributed by atoms with E-state index in [1.54, 1.807) is 60.7 Å². The van der Waals surface area contributed by atoms with Crippen LogP contribution in [0.1, 0.15) is 35.1 Å². The molecule has 0 fully saturated rings. The van der Waals surface area contributed by atoms with Gasteiger partial charge in [-0.25, -0.2) is 20.0 Å². The molecule has 0 radical (unpaired) electrons. The molecule has 0 atom stereocenters. The maximum Gasteiger partial charge on any atom is 0.296 e. The molecule has 0 amide bonds. The van der Waals surface area contributed by atoms with Gasteiger partial charge in [-0.1, -0.05) is 84.9 Å². The molecule has 0 aliphatic heterocycles. The lowest BCUT2D eigenvalue weighted by Crippen LogP contribution is -2.34. The summed E-state index contributed by atoms with van der Waals surface area (Å²) in [5.41, 5.74) is -2.98. The number of hydrogen-bond acceptors (Lipinski definition) is 22. The predicted molar refractivity (Wildman–Crippen MR) is 316 cm³/mol. The summed E-state index contributed by atoms with van der Waals surface area (Å²) < 4.78 is 211. The van der Waals surface area contributed by atoms with E-state index in [9.17, 15) is 88.3 Å². The van der Waals surface area contributed by atoms with E-state index in [2.05, 4.69) is 49.9 Å². The first-order valence-electron chi connectivity index (χ1n) is 25.3. The number of anilines is 2. The number of aromatic amines is 4. The average molecular weight is 1350 g/mol. The summed E-state index contributed by atoms with van der Waals surface area (Å²) in [4.78, 5) is 34.7. The van der Waals surface area contributed by atoms with Crippen LogP contribution in [-0.2, 0) is 73.8 Å². The van der Waals surface area contributed by atoms with Crippen LogP contribution in [0, 0.1) is 22.7 Å². The van der Waals surface area contributed by atoms with Crippen molar-refractivity contribution in [2.24, 2.45) is 20.0 Å². The Bertz CT molecular complexity index is 4940. The van der Waals surface area contributed by atoms with E-state index >= 15 is 0 Å². The van der Waals surface area contributed by atoms with Crippen molar-refractivity contribution in [3.8, 4) is 12.1 Å². The van der Waals surface area contributed by atoms with Crippen molar-refractivity contribution in [1.29, 1.82) is 10.5 Å². The van der Waals surface area contributed by atoms with Crippen LogP contribution >= 0.6 is 0 Å². The van der Waals surface area contributed by atoms with Gasteiger partial charge in [-0.15, -0.1) is 0 Å². The van der Waals surface area contributed by atoms with E-state index in [4.69, 9.17) is 0 Å². The third-order valence-electron chi connectivity index (χ3n) is 12.3. The summed E-state index contributed by atoms with van der Waals surface area (Å²) in [7, 11) is -30.6. The minimum Gasteiger partial charge on any atom is -0.337 e. The van der Waals surface area contributed by atoms with Crippen LogP contribution in [0.4, 0.5) is 34.6 Å². The zero-order chi connectivity index (χ0) is 65.4. The van der Waals surface area contributed by atoms with Gasteiger partial charge in [0.25, 0.3) is 60.7 Å². The number of aromatic nitrogens is 6. The van der Waals surface area contributed by atoms with Gasteiger partial charge in [0.2, 0.25) is 34.4 Å². The Morgan fingerprint density at radius 3 is 1.10 bits per heavy atom. The molecular formula is C52H46N14O18S6. The largest absolute Gasteiger partial charge is 0.337 e. The van der Waals surface area contributed by atoms with Crippen LogP contribution in [0.25, 0.3) is 12.2 Å². The van der Waals surface area contributed by atoms with Crippen LogP contribution in [-0.4, -0.2) is 121 Å². The van der Waals surface area contributed by atoms with Crippen molar-refractivity contribution >= 4 is 108 Å². The number of hydrogen-bond donors (Lipinski definition) is 10. The summed E-state index contributed by atoms with van der Waals surface area (Å²) in [6.07, 6.45) is 1.91. The number of rotatable bonds is 22. The molecule has 6 aromatic carbocycles. The Kier molecular flexibility index (Phi) is 19.9. The van der Waals surface area contributed by atoms with Gasteiger partial charge < -0.3 is 9.80 Å². The van der Waals surface area contributed by atoms with E-state index in [1.165, 1.54) is 21.9 Å². The van der Waals surface area contributed by atoms with Gasteiger partial charge in [0.1, 0.15) is 19.6 Å². The standard InChI is InChI=1S/C52H46N14O18S6/c53-23-7-25-65(31-33-9-3-1-4-10-33)51-61-47(59-49(63-51)57-41-29-39(85(67,68)69)19-21-43(41)87(73,74)75)55-37-17-15-35(45(27-37)89(79,80)81)13-14-36-16-18-38(28-46(36)90(82,83)84)56-48-60-50(58-42-30-40(86(70,71)72)20-22-44(42)88(76,77)78)64-52(62-48)66(26-8-24-54)32-34-11-5-2-6-12-34/h1-6,9-22,27-30H,7-8,25-26,31-32H2,(H,67,68,69)(H,70,71,72)(H,73,74,75)(H,76,77,78)(H,79,80,81)(H,82,83,84)(H2,55,57,59,61,63)(H2,56,58,60,62,64)/b14-13+. The highest BCUT2D eigenvalue weighted by atomic mass is 32.2. The van der Waals surface area contributed by atoms with Crippen LogP contribution in [0.2, 0.25) is 0 Å². The molecule has 38 heteroatoms. The van der Waals surface area contributed by atoms with E-state index in [0.717, 1.165) is 36.4 Å². The molecule has 0 saturated heterocycles. The molecule has 2 aromatic heterocycles. The topological polar surface area (TPSA) is 519 Å². The number of H-pyrrole nitrogens is 4. The second-order valence-electron chi connectivity index (χ2n) is 18.7. The molecule has 10 N–H and O–H groups in total. The Morgan fingerprint density at radius 2 is 0.778 bits per heavy atom. The minimum absolute atomic E-state index is 0.0113. The number of benzene rings is 6. The maximum absolute atomic E-state index is 13.1. The van der Waals surface area contributed by atoms with Crippen molar-refractivity contribution in [2.45, 2.75) is 55.3 Å². The second-order valence-corrected chi connectivity index (χ2v) is 27.1. The zero-order valence-electron chi connectivity index (χ0n) is 45.6. The number of nitriles is 2. The second kappa shape index (κ2) is 27.0. The van der Waals surface area contributed by atoms with Crippen LogP contribution < -0.4 is 32.3 Å². The molecule has 8 rings (SSSR count). The summed E-state index contributed by atoms with van der Waals surface area (Å²) in [6.45, 7) is 0.116. The average Bonchev–Trinajstić information content (AvgIpc) is 1.09. The van der Waals surface area contributed by atoms with Gasteiger partial charge >= 0.3 is 0 Å². The van der Waals surface area contributed by atoms with Gasteiger partial charge in [0.05, 0.1) is 57.5 Å². The van der Waals surface area contributed by atoms with E-state index in [-0.39, 0.29) is 73.4 Å². The lowest BCUT2D eigenvalue weighted by Gasteiger charge is -2.22. The first-order valence-corrected chi connectivity index (χ1v) is 33.9. The Labute approximate surface area is 511 Å². The third kappa shape index (κ3) is 17.6. The van der Waals surface area contributed by atoms with Gasteiger partial charge in [0.15, 0.2) is 0 Å². The van der Waals surface area contributed by atoms with Crippen LogP contribution in [0.15, 0.2) is 183 Å². The van der Waals surface area contributed by atoms with Crippen LogP contribution in [0.5, 0.6) is 0 Å². The molecular weight excluding hydrogens is 1300 g/mol. The van der Waals surface area contributed by atoms with Gasteiger partial charge in [-0.3, -0.25) is 47.3 Å². The highest BCUT2D eigenvalue weighted by Crippen LogP contribution is 2.31. The molecule has 468 valence electrons. The van der Waals surface area contributed by atoms with Gasteiger partial charge in [-0.05, 0) is 82.9 Å². The van der Waals surface area contributed by atoms with Crippen LogP contribution in [0.3, 0.4) is 0 Å². The molecule has 2 heterocycles. The summed E-state index contributed by atoms with van der Waals surface area (Å²) >= 11 is 0. The predicted octanol–water partition coefficient (Wildman–Crippen LogP) is 4.21. The Balaban J connectivity index is 1.25. The summed E-state index contributed by atoms with van der Waals surface area (Å²) in [6, 6.07) is 31.8. The normalized spacial score (nSPS) is 13.3. The fraction of sp³-hybridized carbons (Fsp3) is 0.115. The molecule has 90 heavy (non-hydrogen) atoms. The highest BCUT2D eigenvalue weighted by Gasteiger charge is 2.24. The third-order valence-corrected chi connectivity index (χ3v) is 17.6. The van der Waals surface area contributed by atoms with E-state index < -0.39 is 124 Å². The van der Waals surface area contributed by atoms with Crippen molar-refractivity contribution in [3.63, 3.8) is 0 Å². The monoisotopic (exact) mass is 1350 g/mol. The first kappa shape index (κ1) is 66.3. The van der Waals surface area contributed by atoms with Crippen molar-refractivity contribution in [1.82, 2.24) is 29.9 Å². The van der Waals surface area contributed by atoms with Gasteiger partial charge in [0, 0.05) is 26.2 Å². The highest BCUT2D eigenvalue weighted by molar-refractivity contribution is 7.87. The van der Waals surface area contributed by atoms with Gasteiger partial charge in [-0.2, -0.15) is 71.0 Å². The fourth-order valence-electron chi connectivity index (χ4n) is 8.31. The number of nitrogens with one attached hydrogen (secondary N) is 4. The molecule has 0 spiro atoms. The Hall–Kier alpha value is -9.68. The maximum atomic E-state index is 13.1. The van der Waals surface area contributed by atoms with Crippen molar-refractivity contribution in [3.05, 3.63) is 178 Å². The lowest BCUT2D eigenvalue weighted by atomic mass is 10.1. The fourth-order valence-corrected chi connectivity index (χ4v) is 11.9. The SMILES string of the molecule is N#CCCN(Cc1ccccc1)c1nc(=Nc2ccc(/C=C/c3ccc(N=c4nc(N(CCC#N)Cc5ccccc5)[nH]c(=Nc5cc(S(=O)(=O)O)ccc5S(=O)(=O)O)[nH]4)cc3S(=O)(=O)O)c(S(=O)(=O)O)c2)[nH]c(=Nc2cc(S(=O)(=O)O)ccc2S(=O)(=O)O)[nH]1. The van der Waals surface area contributed by atoms with E-state index in [0.29, 0.717) is 47.5 Å². The van der Waals surface area contributed by atoms with Crippen molar-refractivity contribution < 1.29 is 77.8 Å². The summed E-state index contributed by atoms with van der Waals surface area (Å²) in [5, 5.41) is 19.1. The summed E-state index contributed by atoms with van der Waals surface area (Å²) in [5.74, 6) is -0.239. The smallest absolute Gasteiger partial charge is 0.296 e. The molecule has 0 bridgehead atoms. The molecule has 0 aliphatic carbocycles. The van der Waals surface area contributed by atoms with E-state index in [1.807, 2.05) is 12.1 Å². The minimum atomic E-state index is -5.22. The Morgan fingerprint density at radius 1 is 0.422 bits per heavy atom. The lowest BCUT2D eigenvalue weighted by molar-refractivity contribution is 0.478. The first-order chi connectivity index (χ1) is 42.2. The molecule has 0 unspecified atom stereocenters. The molecule has 0 saturated carbocycles.